The van der Waals surface area contributed by atoms with E-state index in [-0.39, 0.29) is 0 Å². The van der Waals surface area contributed by atoms with E-state index in [1.807, 2.05) is 0 Å². The molecule has 1 saturated heterocycles. The van der Waals surface area contributed by atoms with Crippen molar-refractivity contribution in [3.63, 3.8) is 0 Å². The Morgan fingerprint density at radius 2 is 2.62 bits per heavy atom. The first-order valence-electron chi connectivity index (χ1n) is 4.55. The number of aryl methyl sites for hydroxylation is 1. The van der Waals surface area contributed by atoms with Crippen LogP contribution in [-0.4, -0.2) is 28.6 Å². The molecule has 72 valence electrons. The van der Waals surface area contributed by atoms with Gasteiger partial charge in [0.15, 0.2) is 0 Å². The predicted molar refractivity (Wildman–Crippen MR) is 52.1 cm³/mol. The molecule has 1 unspecified atom stereocenters. The van der Waals surface area contributed by atoms with Crippen LogP contribution in [0.4, 0.5) is 5.13 Å². The second kappa shape index (κ2) is 4.02. The van der Waals surface area contributed by atoms with Gasteiger partial charge in [0.25, 0.3) is 0 Å². The molecule has 2 heterocycles. The van der Waals surface area contributed by atoms with Crippen LogP contribution >= 0.6 is 11.5 Å². The molecule has 0 spiro atoms. The molecule has 1 N–H and O–H groups in total. The minimum absolute atomic E-state index is 0.428. The first-order valence-corrected chi connectivity index (χ1v) is 5.32. The summed E-state index contributed by atoms with van der Waals surface area (Å²) in [6.07, 6.45) is 1.97. The number of nitrogens with zero attached hydrogens (tertiary/aromatic N) is 2. The van der Waals surface area contributed by atoms with Crippen molar-refractivity contribution in [1.82, 2.24) is 9.36 Å². The van der Waals surface area contributed by atoms with Crippen molar-refractivity contribution < 1.29 is 4.74 Å². The van der Waals surface area contributed by atoms with Gasteiger partial charge in [-0.25, -0.2) is 4.98 Å². The number of ether oxygens (including phenoxy) is 1. The fourth-order valence-corrected chi connectivity index (χ4v) is 2.01. The molecule has 0 amide bonds. The van der Waals surface area contributed by atoms with Gasteiger partial charge in [0.05, 0.1) is 12.6 Å². The van der Waals surface area contributed by atoms with Crippen molar-refractivity contribution in [1.29, 1.82) is 0 Å². The molecule has 0 aliphatic carbocycles. The highest BCUT2D eigenvalue weighted by Crippen LogP contribution is 2.15. The van der Waals surface area contributed by atoms with Crippen LogP contribution in [0.3, 0.4) is 0 Å². The molecule has 0 radical (unpaired) electrons. The molecule has 2 rings (SSSR count). The second-order valence-corrected chi connectivity index (χ2v) is 3.83. The zero-order valence-corrected chi connectivity index (χ0v) is 8.43. The summed E-state index contributed by atoms with van der Waals surface area (Å²) in [7, 11) is 0. The Morgan fingerprint density at radius 3 is 3.23 bits per heavy atom. The second-order valence-electron chi connectivity index (χ2n) is 3.07. The van der Waals surface area contributed by atoms with Gasteiger partial charge in [0, 0.05) is 24.6 Å². The molecule has 0 aromatic carbocycles. The van der Waals surface area contributed by atoms with Crippen molar-refractivity contribution in [3.8, 4) is 0 Å². The van der Waals surface area contributed by atoms with Crippen LogP contribution in [0.25, 0.3) is 0 Å². The fourth-order valence-electron chi connectivity index (χ4n) is 1.28. The monoisotopic (exact) mass is 199 g/mol. The van der Waals surface area contributed by atoms with Crippen LogP contribution in [0.1, 0.15) is 19.2 Å². The lowest BCUT2D eigenvalue weighted by molar-refractivity contribution is 0.195. The van der Waals surface area contributed by atoms with Crippen LogP contribution in [0.5, 0.6) is 0 Å². The Balaban J connectivity index is 1.92. The molecule has 1 fully saturated rings. The summed E-state index contributed by atoms with van der Waals surface area (Å²) in [5.41, 5.74) is 0. The number of rotatable bonds is 3. The van der Waals surface area contributed by atoms with Gasteiger partial charge in [-0.3, -0.25) is 0 Å². The largest absolute Gasteiger partial charge is 0.379 e. The van der Waals surface area contributed by atoms with Gasteiger partial charge in [-0.2, -0.15) is 4.37 Å². The predicted octanol–water partition coefficient (Wildman–Crippen LogP) is 1.30. The lowest BCUT2D eigenvalue weighted by atomic mass is 10.3. The van der Waals surface area contributed by atoms with Gasteiger partial charge in [-0.05, 0) is 6.42 Å². The number of nitrogens with one attached hydrogen (secondary N) is 1. The number of hydrogen-bond acceptors (Lipinski definition) is 5. The average Bonchev–Trinajstić information content (AvgIpc) is 2.76. The summed E-state index contributed by atoms with van der Waals surface area (Å²) in [6.45, 7) is 3.71. The summed E-state index contributed by atoms with van der Waals surface area (Å²) in [5.74, 6) is 0.923. The van der Waals surface area contributed by atoms with Crippen molar-refractivity contribution in [2.45, 2.75) is 25.8 Å². The Morgan fingerprint density at radius 1 is 1.69 bits per heavy atom. The third kappa shape index (κ3) is 2.16. The topological polar surface area (TPSA) is 47.0 Å². The SMILES string of the molecule is CCc1nsc(NC2CCOC2)n1. The van der Waals surface area contributed by atoms with Gasteiger partial charge in [0.2, 0.25) is 5.13 Å². The fraction of sp³-hybridized carbons (Fsp3) is 0.750. The van der Waals surface area contributed by atoms with Crippen LogP contribution in [0, 0.1) is 0 Å². The van der Waals surface area contributed by atoms with Gasteiger partial charge < -0.3 is 10.1 Å². The highest BCUT2D eigenvalue weighted by Gasteiger charge is 2.16. The molecular weight excluding hydrogens is 186 g/mol. The van der Waals surface area contributed by atoms with Crippen molar-refractivity contribution in [2.24, 2.45) is 0 Å². The quantitative estimate of drug-likeness (QED) is 0.797. The van der Waals surface area contributed by atoms with Gasteiger partial charge in [0.1, 0.15) is 5.82 Å². The van der Waals surface area contributed by atoms with E-state index in [9.17, 15) is 0 Å². The maximum absolute atomic E-state index is 5.26. The molecule has 1 aliphatic heterocycles. The number of hydrogen-bond donors (Lipinski definition) is 1. The zero-order chi connectivity index (χ0) is 9.10. The maximum Gasteiger partial charge on any atom is 0.202 e. The van der Waals surface area contributed by atoms with Gasteiger partial charge in [-0.15, -0.1) is 0 Å². The van der Waals surface area contributed by atoms with Gasteiger partial charge >= 0.3 is 0 Å². The first-order chi connectivity index (χ1) is 6.38. The van der Waals surface area contributed by atoms with Crippen LogP contribution in [-0.2, 0) is 11.2 Å². The van der Waals surface area contributed by atoms with E-state index in [0.717, 1.165) is 37.0 Å². The standard InChI is InChI=1S/C8H13N3OS/c1-2-7-10-8(13-11-7)9-6-3-4-12-5-6/h6H,2-5H2,1H3,(H,9,10,11). The van der Waals surface area contributed by atoms with E-state index in [2.05, 4.69) is 21.6 Å². The molecular formula is C8H13N3OS. The molecule has 1 aliphatic rings. The molecule has 4 nitrogen and oxygen atoms in total. The van der Waals surface area contributed by atoms with E-state index >= 15 is 0 Å². The zero-order valence-electron chi connectivity index (χ0n) is 7.62. The van der Waals surface area contributed by atoms with E-state index in [1.165, 1.54) is 11.5 Å². The Bertz CT molecular complexity index is 270. The Labute approximate surface area is 81.5 Å². The van der Waals surface area contributed by atoms with Crippen LogP contribution in [0.15, 0.2) is 0 Å². The molecule has 1 aromatic heterocycles. The van der Waals surface area contributed by atoms with Gasteiger partial charge in [-0.1, -0.05) is 6.92 Å². The average molecular weight is 199 g/mol. The lowest BCUT2D eigenvalue weighted by Gasteiger charge is -2.06. The van der Waals surface area contributed by atoms with E-state index in [0.29, 0.717) is 6.04 Å². The van der Waals surface area contributed by atoms with Crippen LogP contribution < -0.4 is 5.32 Å². The third-order valence-electron chi connectivity index (χ3n) is 2.04. The summed E-state index contributed by atoms with van der Waals surface area (Å²) in [4.78, 5) is 4.33. The lowest BCUT2D eigenvalue weighted by Crippen LogP contribution is -2.18. The van der Waals surface area contributed by atoms with E-state index in [1.54, 1.807) is 0 Å². The summed E-state index contributed by atoms with van der Waals surface area (Å²) < 4.78 is 9.46. The number of anilines is 1. The molecule has 1 atom stereocenters. The van der Waals surface area contributed by atoms with Crippen molar-refractivity contribution in [3.05, 3.63) is 5.82 Å². The minimum Gasteiger partial charge on any atom is -0.379 e. The number of aromatic nitrogens is 2. The third-order valence-corrected chi connectivity index (χ3v) is 2.73. The van der Waals surface area contributed by atoms with Crippen LogP contribution in [0.2, 0.25) is 0 Å². The smallest absolute Gasteiger partial charge is 0.202 e. The highest BCUT2D eigenvalue weighted by atomic mass is 32.1. The van der Waals surface area contributed by atoms with E-state index in [4.69, 9.17) is 4.74 Å². The Kier molecular flexibility index (Phi) is 2.75. The summed E-state index contributed by atoms with van der Waals surface area (Å²) in [5, 5.41) is 4.24. The summed E-state index contributed by atoms with van der Waals surface area (Å²) in [6, 6.07) is 0.428. The minimum atomic E-state index is 0.428. The Hall–Kier alpha value is -0.680. The summed E-state index contributed by atoms with van der Waals surface area (Å²) >= 11 is 1.43. The molecule has 13 heavy (non-hydrogen) atoms. The molecule has 5 heteroatoms. The first kappa shape index (κ1) is 8.90. The molecule has 0 bridgehead atoms. The molecule has 0 saturated carbocycles. The molecule has 1 aromatic rings. The normalized spacial score (nSPS) is 22.1. The van der Waals surface area contributed by atoms with E-state index < -0.39 is 0 Å². The highest BCUT2D eigenvalue weighted by molar-refractivity contribution is 7.09. The van der Waals surface area contributed by atoms with Crippen molar-refractivity contribution in [2.75, 3.05) is 18.5 Å². The van der Waals surface area contributed by atoms with Crippen molar-refractivity contribution >= 4 is 16.7 Å². The maximum atomic E-state index is 5.26.